The molecule has 3 heterocycles. The molecule has 1 aliphatic carbocycles. The molecular weight excluding hydrogens is 300 g/mol. The number of furan rings is 1. The second-order valence-electron chi connectivity index (χ2n) is 8.34. The van der Waals surface area contributed by atoms with Gasteiger partial charge in [0.1, 0.15) is 17.3 Å². The van der Waals surface area contributed by atoms with Crippen molar-refractivity contribution in [1.82, 2.24) is 15.1 Å². The Morgan fingerprint density at radius 1 is 1.38 bits per heavy atom. The Bertz CT molecular complexity index is 743. The number of hydrogen-bond donors (Lipinski definition) is 2. The van der Waals surface area contributed by atoms with Gasteiger partial charge in [-0.2, -0.15) is 5.10 Å². The van der Waals surface area contributed by atoms with Crippen LogP contribution in [0.25, 0.3) is 0 Å². The Kier molecular flexibility index (Phi) is 3.71. The molecule has 0 spiro atoms. The number of nitrogens with one attached hydrogen (secondary N) is 2. The normalized spacial score (nSPS) is 25.0. The minimum Gasteiger partial charge on any atom is -0.466 e. The minimum atomic E-state index is 0.284. The molecule has 2 N–H and O–H groups in total. The summed E-state index contributed by atoms with van der Waals surface area (Å²) in [6.07, 6.45) is 2.19. The van der Waals surface area contributed by atoms with Crippen molar-refractivity contribution in [2.24, 2.45) is 11.3 Å². The van der Waals surface area contributed by atoms with Crippen LogP contribution in [0.15, 0.2) is 16.5 Å². The molecule has 2 aromatic heterocycles. The SMILES string of the molecule is Cc1cc2n(n1)C[C@H](CN[C@@H]1CC(C)(C)Cc3oc(C)cc31)CN2. The monoisotopic (exact) mass is 328 g/mol. The highest BCUT2D eigenvalue weighted by Gasteiger charge is 2.35. The molecule has 24 heavy (non-hydrogen) atoms. The average molecular weight is 328 g/mol. The Morgan fingerprint density at radius 3 is 3.04 bits per heavy atom. The Labute approximate surface area is 143 Å². The molecule has 0 saturated carbocycles. The second-order valence-corrected chi connectivity index (χ2v) is 8.34. The van der Waals surface area contributed by atoms with E-state index in [-0.39, 0.29) is 5.41 Å². The van der Waals surface area contributed by atoms with Gasteiger partial charge in [-0.1, -0.05) is 13.8 Å². The van der Waals surface area contributed by atoms with E-state index in [1.165, 1.54) is 11.3 Å². The molecule has 2 aliphatic rings. The maximum absolute atomic E-state index is 5.95. The van der Waals surface area contributed by atoms with Crippen LogP contribution >= 0.6 is 0 Å². The summed E-state index contributed by atoms with van der Waals surface area (Å²) in [6.45, 7) is 11.8. The summed E-state index contributed by atoms with van der Waals surface area (Å²) < 4.78 is 8.05. The van der Waals surface area contributed by atoms with E-state index in [0.717, 1.165) is 49.7 Å². The topological polar surface area (TPSA) is 55.0 Å². The maximum atomic E-state index is 5.95. The van der Waals surface area contributed by atoms with Crippen molar-refractivity contribution in [3.8, 4) is 0 Å². The number of hydrogen-bond acceptors (Lipinski definition) is 4. The van der Waals surface area contributed by atoms with Gasteiger partial charge in [-0.3, -0.25) is 0 Å². The standard InChI is InChI=1S/C19H28N4O/c1-12-5-18-21-10-14(11-23(18)22-12)9-20-16-7-19(3,4)8-17-15(16)6-13(2)24-17/h5-6,14,16,20-21H,7-11H2,1-4H3/t14-,16-/m1/s1. The van der Waals surface area contributed by atoms with Crippen LogP contribution < -0.4 is 10.6 Å². The molecular formula is C19H28N4O. The van der Waals surface area contributed by atoms with Gasteiger partial charge in [0.2, 0.25) is 0 Å². The smallest absolute Gasteiger partial charge is 0.124 e. The van der Waals surface area contributed by atoms with Gasteiger partial charge in [-0.15, -0.1) is 0 Å². The van der Waals surface area contributed by atoms with E-state index in [2.05, 4.69) is 53.3 Å². The molecule has 130 valence electrons. The van der Waals surface area contributed by atoms with E-state index in [1.54, 1.807) is 0 Å². The predicted octanol–water partition coefficient (Wildman–Crippen LogP) is 3.44. The highest BCUT2D eigenvalue weighted by molar-refractivity contribution is 5.38. The zero-order valence-corrected chi connectivity index (χ0v) is 15.1. The average Bonchev–Trinajstić information content (AvgIpc) is 3.03. The van der Waals surface area contributed by atoms with E-state index >= 15 is 0 Å². The fourth-order valence-electron chi connectivity index (χ4n) is 4.20. The first-order chi connectivity index (χ1) is 11.4. The fraction of sp³-hybridized carbons (Fsp3) is 0.632. The molecule has 1 aliphatic heterocycles. The second kappa shape index (κ2) is 5.66. The Morgan fingerprint density at radius 2 is 2.21 bits per heavy atom. The Balaban J connectivity index is 1.44. The number of aryl methyl sites for hydroxylation is 2. The van der Waals surface area contributed by atoms with Gasteiger partial charge in [-0.25, -0.2) is 4.68 Å². The summed E-state index contributed by atoms with van der Waals surface area (Å²) in [5.74, 6) is 3.90. The van der Waals surface area contributed by atoms with Crippen molar-refractivity contribution in [3.63, 3.8) is 0 Å². The third-order valence-electron chi connectivity index (χ3n) is 5.29. The quantitative estimate of drug-likeness (QED) is 0.906. The maximum Gasteiger partial charge on any atom is 0.124 e. The first kappa shape index (κ1) is 15.8. The van der Waals surface area contributed by atoms with E-state index in [4.69, 9.17) is 4.42 Å². The lowest BCUT2D eigenvalue weighted by Gasteiger charge is -2.36. The third kappa shape index (κ3) is 2.97. The number of rotatable bonds is 3. The summed E-state index contributed by atoms with van der Waals surface area (Å²) in [5, 5.41) is 11.9. The number of fused-ring (bicyclic) bond motifs is 2. The molecule has 0 unspecified atom stereocenters. The van der Waals surface area contributed by atoms with E-state index in [0.29, 0.717) is 12.0 Å². The molecule has 4 rings (SSSR count). The first-order valence-corrected chi connectivity index (χ1v) is 9.00. The number of anilines is 1. The van der Waals surface area contributed by atoms with Crippen LogP contribution in [0.2, 0.25) is 0 Å². The highest BCUT2D eigenvalue weighted by Crippen LogP contribution is 2.42. The highest BCUT2D eigenvalue weighted by atomic mass is 16.3. The van der Waals surface area contributed by atoms with Gasteiger partial charge in [0, 0.05) is 49.6 Å². The zero-order chi connectivity index (χ0) is 16.9. The van der Waals surface area contributed by atoms with E-state index < -0.39 is 0 Å². The lowest BCUT2D eigenvalue weighted by molar-refractivity contribution is 0.227. The molecule has 2 atom stereocenters. The minimum absolute atomic E-state index is 0.284. The van der Waals surface area contributed by atoms with Crippen molar-refractivity contribution in [2.75, 3.05) is 18.4 Å². The van der Waals surface area contributed by atoms with Crippen LogP contribution in [0, 0.1) is 25.2 Å². The van der Waals surface area contributed by atoms with Crippen LogP contribution in [0.4, 0.5) is 5.82 Å². The van der Waals surface area contributed by atoms with Crippen LogP contribution in [0.5, 0.6) is 0 Å². The van der Waals surface area contributed by atoms with E-state index in [9.17, 15) is 0 Å². The van der Waals surface area contributed by atoms with Crippen molar-refractivity contribution in [1.29, 1.82) is 0 Å². The van der Waals surface area contributed by atoms with Crippen molar-refractivity contribution in [2.45, 2.75) is 53.1 Å². The van der Waals surface area contributed by atoms with E-state index in [1.807, 2.05) is 6.92 Å². The molecule has 2 aromatic rings. The van der Waals surface area contributed by atoms with Crippen LogP contribution in [0.1, 0.15) is 49.1 Å². The number of nitrogens with zero attached hydrogens (tertiary/aromatic N) is 2. The van der Waals surface area contributed by atoms with Gasteiger partial charge < -0.3 is 15.1 Å². The summed E-state index contributed by atoms with van der Waals surface area (Å²) >= 11 is 0. The predicted molar refractivity (Wildman–Crippen MR) is 95.2 cm³/mol. The molecule has 5 nitrogen and oxygen atoms in total. The lowest BCUT2D eigenvalue weighted by Crippen LogP contribution is -2.39. The molecule has 0 saturated heterocycles. The summed E-state index contributed by atoms with van der Waals surface area (Å²) in [6, 6.07) is 4.73. The van der Waals surface area contributed by atoms with Crippen LogP contribution in [-0.4, -0.2) is 22.9 Å². The molecule has 0 amide bonds. The van der Waals surface area contributed by atoms with Gasteiger partial charge in [0.15, 0.2) is 0 Å². The molecule has 0 fully saturated rings. The summed E-state index contributed by atoms with van der Waals surface area (Å²) in [5.41, 5.74) is 2.73. The van der Waals surface area contributed by atoms with Gasteiger partial charge >= 0.3 is 0 Å². The van der Waals surface area contributed by atoms with Gasteiger partial charge in [0.25, 0.3) is 0 Å². The lowest BCUT2D eigenvalue weighted by atomic mass is 9.74. The first-order valence-electron chi connectivity index (χ1n) is 9.00. The van der Waals surface area contributed by atoms with Gasteiger partial charge in [-0.05, 0) is 31.7 Å². The largest absolute Gasteiger partial charge is 0.466 e. The fourth-order valence-corrected chi connectivity index (χ4v) is 4.20. The van der Waals surface area contributed by atoms with Crippen LogP contribution in [0.3, 0.4) is 0 Å². The molecule has 0 aromatic carbocycles. The third-order valence-corrected chi connectivity index (χ3v) is 5.29. The molecule has 5 heteroatoms. The van der Waals surface area contributed by atoms with Crippen molar-refractivity contribution in [3.05, 3.63) is 34.9 Å². The van der Waals surface area contributed by atoms with Gasteiger partial charge in [0.05, 0.1) is 5.69 Å². The van der Waals surface area contributed by atoms with Crippen LogP contribution in [-0.2, 0) is 13.0 Å². The summed E-state index contributed by atoms with van der Waals surface area (Å²) in [4.78, 5) is 0. The van der Waals surface area contributed by atoms with Crippen molar-refractivity contribution < 1.29 is 4.42 Å². The Hall–Kier alpha value is -1.75. The van der Waals surface area contributed by atoms with Crippen molar-refractivity contribution >= 4 is 5.82 Å². The number of aromatic nitrogens is 2. The molecule has 0 bridgehead atoms. The summed E-state index contributed by atoms with van der Waals surface area (Å²) in [7, 11) is 0. The zero-order valence-electron chi connectivity index (χ0n) is 15.1. The molecule has 0 radical (unpaired) electrons.